The van der Waals surface area contributed by atoms with Crippen LogP contribution in [0.15, 0.2) is 0 Å². The van der Waals surface area contributed by atoms with Gasteiger partial charge in [0, 0.05) is 24.9 Å². The van der Waals surface area contributed by atoms with Gasteiger partial charge in [0.15, 0.2) is 0 Å². The van der Waals surface area contributed by atoms with Crippen LogP contribution in [-0.4, -0.2) is 50.1 Å². The fourth-order valence-corrected chi connectivity index (χ4v) is 7.01. The minimum absolute atomic E-state index is 0.0393. The van der Waals surface area contributed by atoms with Crippen molar-refractivity contribution in [2.45, 2.75) is 72.0 Å². The summed E-state index contributed by atoms with van der Waals surface area (Å²) in [6, 6.07) is 0. The van der Waals surface area contributed by atoms with Gasteiger partial charge in [-0.3, -0.25) is 9.59 Å². The molecule has 3 rings (SSSR count). The number of esters is 1. The fraction of sp³-hybridized carbons (Fsp3) is 0.909. The first-order valence-electron chi connectivity index (χ1n) is 10.5. The molecule has 160 valence electrons. The molecule has 0 radical (unpaired) electrons. The smallest absolute Gasteiger partial charge is 0.314 e. The Labute approximate surface area is 168 Å². The first-order valence-corrected chi connectivity index (χ1v) is 10.5. The molecule has 28 heavy (non-hydrogen) atoms. The molecule has 3 saturated carbocycles. The molecule has 3 fully saturated rings. The molecule has 2 unspecified atom stereocenters. The summed E-state index contributed by atoms with van der Waals surface area (Å²) in [6.45, 7) is 8.20. The molecule has 1 N–H and O–H groups in total. The van der Waals surface area contributed by atoms with E-state index in [0.717, 1.165) is 19.3 Å². The highest BCUT2D eigenvalue weighted by atomic mass is 16.7. The van der Waals surface area contributed by atoms with Crippen molar-refractivity contribution >= 4 is 11.8 Å². The molecule has 6 nitrogen and oxygen atoms in total. The maximum Gasteiger partial charge on any atom is 0.314 e. The summed E-state index contributed by atoms with van der Waals surface area (Å²) in [5, 5.41) is 11.5. The Morgan fingerprint density at radius 3 is 2.50 bits per heavy atom. The standard InChI is InChI=1S/C22H36O6/c1-13-7-9-22-10-8-15(23)17(22)21(13,4)16(24)11-20(3,19(25)27-6)18(14(22)2)28-12-26-5/h13-14,16-18,24H,7-12H2,1-6H3/t13-,14+,16-,17?,18+,20-,21+,22?/m1/s1. The molecule has 0 spiro atoms. The maximum absolute atomic E-state index is 13.1. The zero-order chi connectivity index (χ0) is 20.9. The van der Waals surface area contributed by atoms with E-state index in [9.17, 15) is 14.7 Å². The van der Waals surface area contributed by atoms with E-state index in [1.54, 1.807) is 7.11 Å². The summed E-state index contributed by atoms with van der Waals surface area (Å²) >= 11 is 0. The van der Waals surface area contributed by atoms with Crippen molar-refractivity contribution in [1.29, 1.82) is 0 Å². The van der Waals surface area contributed by atoms with Crippen LogP contribution >= 0.6 is 0 Å². The van der Waals surface area contributed by atoms with Gasteiger partial charge in [-0.25, -0.2) is 0 Å². The molecular formula is C22H36O6. The third-order valence-corrected chi connectivity index (χ3v) is 8.80. The summed E-state index contributed by atoms with van der Waals surface area (Å²) in [4.78, 5) is 26.1. The van der Waals surface area contributed by atoms with Gasteiger partial charge in [-0.1, -0.05) is 20.8 Å². The SMILES string of the molecule is COCO[C@H]1[C@H](C)C23CCC(=O)C2[C@@](C)([C@H](C)CC3)[C@H](O)C[C@@]1(C)C(=O)OC. The Morgan fingerprint density at radius 2 is 1.89 bits per heavy atom. The van der Waals surface area contributed by atoms with Crippen LogP contribution in [0.4, 0.5) is 0 Å². The maximum atomic E-state index is 13.1. The number of Topliss-reactive ketones (excluding diaryl/α,β-unsaturated/α-hetero) is 1. The molecule has 8 atom stereocenters. The van der Waals surface area contributed by atoms with Crippen LogP contribution in [0.2, 0.25) is 0 Å². The largest absolute Gasteiger partial charge is 0.469 e. The Kier molecular flexibility index (Phi) is 5.72. The number of ketones is 1. The van der Waals surface area contributed by atoms with Crippen molar-refractivity contribution in [2.24, 2.45) is 34.0 Å². The van der Waals surface area contributed by atoms with E-state index in [1.165, 1.54) is 7.11 Å². The van der Waals surface area contributed by atoms with Gasteiger partial charge in [0.05, 0.1) is 24.7 Å². The number of hydrogen-bond acceptors (Lipinski definition) is 6. The van der Waals surface area contributed by atoms with Gasteiger partial charge >= 0.3 is 5.97 Å². The first-order chi connectivity index (χ1) is 13.1. The monoisotopic (exact) mass is 396 g/mol. The lowest BCUT2D eigenvalue weighted by Gasteiger charge is -2.61. The van der Waals surface area contributed by atoms with Gasteiger partial charge in [-0.15, -0.1) is 0 Å². The van der Waals surface area contributed by atoms with E-state index in [-0.39, 0.29) is 48.1 Å². The average Bonchev–Trinajstić information content (AvgIpc) is 3.02. The summed E-state index contributed by atoms with van der Waals surface area (Å²) in [5.74, 6) is -0.166. The van der Waals surface area contributed by atoms with Crippen LogP contribution in [0.5, 0.6) is 0 Å². The van der Waals surface area contributed by atoms with Crippen molar-refractivity contribution in [3.63, 3.8) is 0 Å². The van der Waals surface area contributed by atoms with Crippen LogP contribution < -0.4 is 0 Å². The van der Waals surface area contributed by atoms with Crippen molar-refractivity contribution in [3.05, 3.63) is 0 Å². The van der Waals surface area contributed by atoms with Crippen molar-refractivity contribution in [2.75, 3.05) is 21.0 Å². The topological polar surface area (TPSA) is 82.1 Å². The average molecular weight is 397 g/mol. The molecule has 3 aliphatic rings. The Hall–Kier alpha value is -0.980. The summed E-state index contributed by atoms with van der Waals surface area (Å²) in [5.41, 5.74) is -1.84. The fourth-order valence-electron chi connectivity index (χ4n) is 7.01. The number of aliphatic hydroxyl groups excluding tert-OH is 1. The molecule has 0 aromatic rings. The molecule has 0 aliphatic heterocycles. The number of carbonyl (C=O) groups is 2. The van der Waals surface area contributed by atoms with Gasteiger partial charge in [-0.2, -0.15) is 0 Å². The van der Waals surface area contributed by atoms with Gasteiger partial charge in [0.25, 0.3) is 0 Å². The third kappa shape index (κ3) is 2.78. The van der Waals surface area contributed by atoms with Gasteiger partial charge in [-0.05, 0) is 49.9 Å². The van der Waals surface area contributed by atoms with Crippen LogP contribution in [0, 0.1) is 34.0 Å². The molecule has 0 amide bonds. The van der Waals surface area contributed by atoms with E-state index in [4.69, 9.17) is 14.2 Å². The van der Waals surface area contributed by atoms with Crippen LogP contribution in [0.3, 0.4) is 0 Å². The second-order valence-corrected chi connectivity index (χ2v) is 9.85. The van der Waals surface area contributed by atoms with E-state index < -0.39 is 23.0 Å². The Bertz CT molecular complexity index is 635. The number of carbonyl (C=O) groups excluding carboxylic acids is 2. The summed E-state index contributed by atoms with van der Waals surface area (Å²) < 4.78 is 16.4. The van der Waals surface area contributed by atoms with E-state index in [0.29, 0.717) is 6.42 Å². The number of ether oxygens (including phenoxy) is 3. The highest BCUT2D eigenvalue weighted by Crippen LogP contribution is 2.67. The number of rotatable bonds is 4. The second-order valence-electron chi connectivity index (χ2n) is 9.85. The van der Waals surface area contributed by atoms with Gasteiger partial charge < -0.3 is 19.3 Å². The number of methoxy groups -OCH3 is 2. The predicted molar refractivity (Wildman–Crippen MR) is 103 cm³/mol. The van der Waals surface area contributed by atoms with E-state index >= 15 is 0 Å². The van der Waals surface area contributed by atoms with Crippen molar-refractivity contribution in [3.8, 4) is 0 Å². The third-order valence-electron chi connectivity index (χ3n) is 8.80. The van der Waals surface area contributed by atoms with E-state index in [1.807, 2.05) is 6.92 Å². The Morgan fingerprint density at radius 1 is 1.21 bits per heavy atom. The molecule has 3 aliphatic carbocycles. The van der Waals surface area contributed by atoms with Crippen molar-refractivity contribution < 1.29 is 28.9 Å². The lowest BCUT2D eigenvalue weighted by Crippen LogP contribution is -2.64. The molecule has 0 aromatic heterocycles. The first kappa shape index (κ1) is 21.7. The van der Waals surface area contributed by atoms with Crippen LogP contribution in [-0.2, 0) is 23.8 Å². The quantitative estimate of drug-likeness (QED) is 0.581. The summed E-state index contributed by atoms with van der Waals surface area (Å²) in [6.07, 6.45) is 2.12. The molecule has 0 heterocycles. The molecular weight excluding hydrogens is 360 g/mol. The predicted octanol–water partition coefficient (Wildman–Crippen LogP) is 2.96. The number of aliphatic hydroxyl groups is 1. The van der Waals surface area contributed by atoms with Gasteiger partial charge in [0.2, 0.25) is 0 Å². The van der Waals surface area contributed by atoms with Gasteiger partial charge in [0.1, 0.15) is 12.6 Å². The minimum Gasteiger partial charge on any atom is -0.469 e. The second kappa shape index (κ2) is 7.37. The molecule has 2 bridgehead atoms. The molecule has 0 saturated heterocycles. The van der Waals surface area contributed by atoms with Crippen molar-refractivity contribution in [1.82, 2.24) is 0 Å². The lowest BCUT2D eigenvalue weighted by molar-refractivity contribution is -0.228. The Balaban J connectivity index is 2.19. The van der Waals surface area contributed by atoms with Crippen LogP contribution in [0.1, 0.15) is 59.8 Å². The summed E-state index contributed by atoms with van der Waals surface area (Å²) in [7, 11) is 2.93. The zero-order valence-electron chi connectivity index (χ0n) is 18.1. The normalized spacial score (nSPS) is 48.5. The van der Waals surface area contributed by atoms with Crippen LogP contribution in [0.25, 0.3) is 0 Å². The van der Waals surface area contributed by atoms with E-state index in [2.05, 4.69) is 20.8 Å². The number of hydrogen-bond donors (Lipinski definition) is 1. The highest BCUT2D eigenvalue weighted by molar-refractivity contribution is 5.86. The minimum atomic E-state index is -1.02. The lowest BCUT2D eigenvalue weighted by atomic mass is 9.44. The zero-order valence-corrected chi connectivity index (χ0v) is 18.1. The highest BCUT2D eigenvalue weighted by Gasteiger charge is 2.69. The molecule has 0 aromatic carbocycles. The molecule has 6 heteroatoms.